The maximum absolute atomic E-state index is 12.2. The minimum Gasteiger partial charge on any atom is -0.481 e. The molecule has 1 saturated heterocycles. The van der Waals surface area contributed by atoms with E-state index in [2.05, 4.69) is 0 Å². The van der Waals surface area contributed by atoms with Crippen LogP contribution in [0.3, 0.4) is 0 Å². The van der Waals surface area contributed by atoms with Gasteiger partial charge in [0.15, 0.2) is 0 Å². The number of carboxylic acid groups (broad SMARTS) is 1. The van der Waals surface area contributed by atoms with Crippen molar-refractivity contribution in [3.05, 3.63) is 0 Å². The first-order chi connectivity index (χ1) is 15.5. The Hall–Kier alpha value is -0.910. The Labute approximate surface area is 195 Å². The molecule has 0 aromatic rings. The molecule has 8 heteroatoms. The third-order valence-electron chi connectivity index (χ3n) is 6.30. The quantitative estimate of drug-likeness (QED) is 0.154. The Kier molecular flexibility index (Phi) is 17.8. The van der Waals surface area contributed by atoms with E-state index < -0.39 is 14.2 Å². The zero-order valence-electron chi connectivity index (χ0n) is 19.9. The van der Waals surface area contributed by atoms with Gasteiger partial charge in [0.25, 0.3) is 0 Å². The maximum atomic E-state index is 12.2. The Bertz CT molecular complexity index is 531. The molecule has 1 fully saturated rings. The molecule has 0 aromatic carbocycles. The van der Waals surface area contributed by atoms with Crippen LogP contribution in [0.25, 0.3) is 0 Å². The second-order valence-electron chi connectivity index (χ2n) is 9.18. The largest absolute Gasteiger partial charge is 0.481 e. The SMILES string of the molecule is O=C(O)CCCCCCCCCCCCCCCCCCC(=O)N1CC[C@H](O[PH](=O)O)C1. The molecule has 1 unspecified atom stereocenters. The summed E-state index contributed by atoms with van der Waals surface area (Å²) < 4.78 is 15.7. The summed E-state index contributed by atoms with van der Waals surface area (Å²) in [5.74, 6) is -0.533. The first-order valence-corrected chi connectivity index (χ1v) is 14.1. The first-order valence-electron chi connectivity index (χ1n) is 12.9. The Morgan fingerprint density at radius 2 is 1.16 bits per heavy atom. The van der Waals surface area contributed by atoms with Gasteiger partial charge in [-0.3, -0.25) is 14.2 Å². The number of nitrogens with zero attached hydrogens (tertiary/aromatic N) is 1. The number of amides is 1. The highest BCUT2D eigenvalue weighted by molar-refractivity contribution is 7.32. The molecule has 2 N–H and O–H groups in total. The molecule has 32 heavy (non-hydrogen) atoms. The normalized spacial score (nSPS) is 17.0. The molecule has 7 nitrogen and oxygen atoms in total. The van der Waals surface area contributed by atoms with Crippen LogP contribution in [0.1, 0.15) is 122 Å². The molecule has 0 aromatic heterocycles. The predicted octanol–water partition coefficient (Wildman–Crippen LogP) is 6.09. The lowest BCUT2D eigenvalue weighted by Gasteiger charge is -2.16. The number of aliphatic carboxylic acids is 1. The van der Waals surface area contributed by atoms with Crippen LogP contribution in [0.15, 0.2) is 0 Å². The van der Waals surface area contributed by atoms with Crippen molar-refractivity contribution in [2.45, 2.75) is 128 Å². The average molecular weight is 476 g/mol. The molecule has 0 aliphatic carbocycles. The van der Waals surface area contributed by atoms with Gasteiger partial charge in [-0.2, -0.15) is 0 Å². The fraction of sp³-hybridized carbons (Fsp3) is 0.917. The summed E-state index contributed by atoms with van der Waals surface area (Å²) >= 11 is 0. The summed E-state index contributed by atoms with van der Waals surface area (Å²) in [5, 5.41) is 8.59. The van der Waals surface area contributed by atoms with E-state index in [9.17, 15) is 14.2 Å². The number of hydrogen-bond acceptors (Lipinski definition) is 4. The lowest BCUT2D eigenvalue weighted by Crippen LogP contribution is -2.29. The Morgan fingerprint density at radius 1 is 0.750 bits per heavy atom. The van der Waals surface area contributed by atoms with E-state index in [1.165, 1.54) is 77.0 Å². The molecular formula is C24H46NO6P. The zero-order valence-corrected chi connectivity index (χ0v) is 20.9. The van der Waals surface area contributed by atoms with Crippen LogP contribution in [0.4, 0.5) is 0 Å². The van der Waals surface area contributed by atoms with Crippen LogP contribution in [-0.4, -0.2) is 46.0 Å². The molecule has 0 spiro atoms. The van der Waals surface area contributed by atoms with Gasteiger partial charge in [-0.05, 0) is 19.3 Å². The third kappa shape index (κ3) is 16.7. The Balaban J connectivity index is 1.77. The lowest BCUT2D eigenvalue weighted by atomic mass is 10.0. The van der Waals surface area contributed by atoms with E-state index in [0.29, 0.717) is 32.4 Å². The molecular weight excluding hydrogens is 429 g/mol. The van der Waals surface area contributed by atoms with E-state index in [1.807, 2.05) is 0 Å². The van der Waals surface area contributed by atoms with E-state index in [0.717, 1.165) is 25.7 Å². The van der Waals surface area contributed by atoms with Crippen molar-refractivity contribution in [1.82, 2.24) is 4.90 Å². The van der Waals surface area contributed by atoms with Crippen molar-refractivity contribution in [3.63, 3.8) is 0 Å². The van der Waals surface area contributed by atoms with Gasteiger partial charge in [0, 0.05) is 25.9 Å². The monoisotopic (exact) mass is 475 g/mol. The Morgan fingerprint density at radius 3 is 1.56 bits per heavy atom. The number of likely N-dealkylation sites (tertiary alicyclic amines) is 1. The molecule has 0 radical (unpaired) electrons. The summed E-state index contributed by atoms with van der Waals surface area (Å²) in [6.07, 6.45) is 20.5. The van der Waals surface area contributed by atoms with Gasteiger partial charge in [-0.25, -0.2) is 0 Å². The number of rotatable bonds is 21. The number of carbonyl (C=O) groups is 2. The highest BCUT2D eigenvalue weighted by atomic mass is 31.1. The third-order valence-corrected chi connectivity index (χ3v) is 6.83. The van der Waals surface area contributed by atoms with E-state index in [1.54, 1.807) is 4.90 Å². The van der Waals surface area contributed by atoms with Crippen LogP contribution < -0.4 is 0 Å². The lowest BCUT2D eigenvalue weighted by molar-refractivity contribution is -0.137. The molecule has 1 aliphatic rings. The van der Waals surface area contributed by atoms with Gasteiger partial charge in [0.1, 0.15) is 0 Å². The first kappa shape index (κ1) is 29.1. The van der Waals surface area contributed by atoms with Gasteiger partial charge in [0.05, 0.1) is 6.10 Å². The maximum Gasteiger partial charge on any atom is 0.316 e. The zero-order chi connectivity index (χ0) is 23.4. The number of unbranched alkanes of at least 4 members (excludes halogenated alkanes) is 15. The summed E-state index contributed by atoms with van der Waals surface area (Å²) in [6.45, 7) is 1.08. The van der Waals surface area contributed by atoms with Crippen LogP contribution in [-0.2, 0) is 18.7 Å². The predicted molar refractivity (Wildman–Crippen MR) is 128 cm³/mol. The topological polar surface area (TPSA) is 104 Å². The van der Waals surface area contributed by atoms with Crippen molar-refractivity contribution in [3.8, 4) is 0 Å². The number of carboxylic acids is 1. The molecule has 2 atom stereocenters. The van der Waals surface area contributed by atoms with E-state index >= 15 is 0 Å². The van der Waals surface area contributed by atoms with Crippen LogP contribution in [0.2, 0.25) is 0 Å². The second kappa shape index (κ2) is 19.5. The molecule has 1 heterocycles. The van der Waals surface area contributed by atoms with Crippen LogP contribution >= 0.6 is 8.25 Å². The van der Waals surface area contributed by atoms with Crippen molar-refractivity contribution in [1.29, 1.82) is 0 Å². The van der Waals surface area contributed by atoms with Crippen LogP contribution in [0, 0.1) is 0 Å². The minimum absolute atomic E-state index is 0.145. The van der Waals surface area contributed by atoms with Gasteiger partial charge >= 0.3 is 14.2 Å². The fourth-order valence-corrected chi connectivity index (χ4v) is 4.86. The fourth-order valence-electron chi connectivity index (χ4n) is 4.38. The summed E-state index contributed by atoms with van der Waals surface area (Å²) in [5.41, 5.74) is 0. The van der Waals surface area contributed by atoms with Gasteiger partial charge in [0.2, 0.25) is 5.91 Å². The van der Waals surface area contributed by atoms with Crippen LogP contribution in [0.5, 0.6) is 0 Å². The number of carbonyl (C=O) groups excluding carboxylic acids is 1. The smallest absolute Gasteiger partial charge is 0.316 e. The van der Waals surface area contributed by atoms with Gasteiger partial charge in [-0.1, -0.05) is 89.9 Å². The summed E-state index contributed by atoms with van der Waals surface area (Å²) in [4.78, 5) is 33.2. The molecule has 0 bridgehead atoms. The average Bonchev–Trinajstić information content (AvgIpc) is 3.20. The second-order valence-corrected chi connectivity index (χ2v) is 9.95. The highest BCUT2D eigenvalue weighted by Gasteiger charge is 2.27. The molecule has 1 aliphatic heterocycles. The summed E-state index contributed by atoms with van der Waals surface area (Å²) in [6, 6.07) is 0. The van der Waals surface area contributed by atoms with Crippen molar-refractivity contribution in [2.24, 2.45) is 0 Å². The molecule has 188 valence electrons. The minimum atomic E-state index is -2.91. The van der Waals surface area contributed by atoms with E-state index in [4.69, 9.17) is 14.5 Å². The van der Waals surface area contributed by atoms with Gasteiger partial charge in [-0.15, -0.1) is 0 Å². The molecule has 1 amide bonds. The standard InChI is InChI=1S/C24H46NO6P/c26-23(25-20-19-22(21-25)31-32(29)30)17-15-13-11-9-7-5-3-1-2-4-6-8-10-12-14-16-18-24(27)28/h22,32H,1-21H2,(H,27,28)(H,29,30)/t22-/m0/s1. The van der Waals surface area contributed by atoms with Crippen molar-refractivity contribution < 1.29 is 28.7 Å². The molecule has 0 saturated carbocycles. The highest BCUT2D eigenvalue weighted by Crippen LogP contribution is 2.25. The number of hydrogen-bond donors (Lipinski definition) is 2. The molecule has 1 rings (SSSR count). The van der Waals surface area contributed by atoms with Crippen molar-refractivity contribution in [2.75, 3.05) is 13.1 Å². The van der Waals surface area contributed by atoms with Gasteiger partial charge < -0.3 is 19.4 Å². The van der Waals surface area contributed by atoms with Crippen molar-refractivity contribution >= 4 is 20.1 Å². The summed E-state index contributed by atoms with van der Waals surface area (Å²) in [7, 11) is -2.91. The van der Waals surface area contributed by atoms with E-state index in [-0.39, 0.29) is 12.0 Å².